The van der Waals surface area contributed by atoms with E-state index in [1.807, 2.05) is 6.07 Å². The van der Waals surface area contributed by atoms with Crippen molar-refractivity contribution in [3.8, 4) is 11.3 Å². The normalized spacial score (nSPS) is 11.6. The van der Waals surface area contributed by atoms with Crippen LogP contribution < -0.4 is 0 Å². The maximum absolute atomic E-state index is 5.74. The van der Waals surface area contributed by atoms with Gasteiger partial charge in [-0.3, -0.25) is 0 Å². The molecule has 0 spiro atoms. The number of rotatable bonds is 17. The highest BCUT2D eigenvalue weighted by molar-refractivity contribution is 7.99. The Bertz CT molecular complexity index is 618. The molecule has 0 radical (unpaired) electrons. The maximum atomic E-state index is 5.74. The summed E-state index contributed by atoms with van der Waals surface area (Å²) in [6.45, 7) is 2.28. The van der Waals surface area contributed by atoms with Gasteiger partial charge in [-0.25, -0.2) is 4.98 Å². The van der Waals surface area contributed by atoms with E-state index in [1.165, 1.54) is 83.5 Å². The molecule has 2 rings (SSSR count). The minimum Gasteiger partial charge on any atom is -0.472 e. The molecule has 0 fully saturated rings. The van der Waals surface area contributed by atoms with Crippen molar-refractivity contribution in [3.05, 3.63) is 36.9 Å². The van der Waals surface area contributed by atoms with E-state index in [-0.39, 0.29) is 0 Å². The van der Waals surface area contributed by atoms with Gasteiger partial charge in [-0.05, 0) is 38.2 Å². The van der Waals surface area contributed by atoms with Gasteiger partial charge >= 0.3 is 0 Å². The van der Waals surface area contributed by atoms with Crippen LogP contribution in [0.3, 0.4) is 0 Å². The second-order valence-electron chi connectivity index (χ2n) is 7.44. The standard InChI is InChI=1S/C24H37NO2S/c1-2-3-4-5-6-7-8-9-10-11-12-13-14-15-16-19-28-24-25-20-23(27-24)22-17-18-26-21-22/h9-10,17-18,20-21H,2-8,11-16,19H2,1H3. The summed E-state index contributed by atoms with van der Waals surface area (Å²) in [4.78, 5) is 4.33. The van der Waals surface area contributed by atoms with Crippen molar-refractivity contribution in [1.82, 2.24) is 4.98 Å². The van der Waals surface area contributed by atoms with Crippen molar-refractivity contribution in [1.29, 1.82) is 0 Å². The summed E-state index contributed by atoms with van der Waals surface area (Å²) in [7, 11) is 0. The van der Waals surface area contributed by atoms with E-state index >= 15 is 0 Å². The summed E-state index contributed by atoms with van der Waals surface area (Å²) in [6, 6.07) is 1.89. The van der Waals surface area contributed by atoms with E-state index in [0.29, 0.717) is 0 Å². The Labute approximate surface area is 175 Å². The van der Waals surface area contributed by atoms with Crippen LogP contribution in [0.4, 0.5) is 0 Å². The smallest absolute Gasteiger partial charge is 0.256 e. The van der Waals surface area contributed by atoms with Crippen LogP contribution in [0.25, 0.3) is 11.3 Å². The summed E-state index contributed by atoms with van der Waals surface area (Å²) in [5, 5.41) is 0.756. The average Bonchev–Trinajstić information content (AvgIpc) is 3.39. The molecule has 0 aliphatic carbocycles. The molecule has 0 N–H and O–H groups in total. The first-order valence-electron chi connectivity index (χ1n) is 11.2. The van der Waals surface area contributed by atoms with Crippen molar-refractivity contribution in [3.63, 3.8) is 0 Å². The number of thioether (sulfide) groups is 1. The van der Waals surface area contributed by atoms with Crippen LogP contribution in [0.1, 0.15) is 90.4 Å². The third kappa shape index (κ3) is 10.2. The number of furan rings is 1. The first kappa shape index (κ1) is 22.9. The number of nitrogens with zero attached hydrogens (tertiary/aromatic N) is 1. The summed E-state index contributed by atoms with van der Waals surface area (Å²) >= 11 is 1.70. The van der Waals surface area contributed by atoms with Crippen LogP contribution in [0.15, 0.2) is 51.0 Å². The molecule has 0 aliphatic heterocycles. The van der Waals surface area contributed by atoms with Crippen molar-refractivity contribution in [2.75, 3.05) is 5.75 Å². The molecule has 0 saturated carbocycles. The van der Waals surface area contributed by atoms with Crippen molar-refractivity contribution < 1.29 is 8.83 Å². The highest BCUT2D eigenvalue weighted by Crippen LogP contribution is 2.26. The second kappa shape index (κ2) is 15.5. The van der Waals surface area contributed by atoms with Crippen molar-refractivity contribution in [2.45, 2.75) is 95.6 Å². The number of aromatic nitrogens is 1. The first-order chi connectivity index (χ1) is 13.9. The van der Waals surface area contributed by atoms with Crippen LogP contribution in [0.5, 0.6) is 0 Å². The van der Waals surface area contributed by atoms with Crippen LogP contribution >= 0.6 is 11.8 Å². The lowest BCUT2D eigenvalue weighted by Crippen LogP contribution is -1.83. The number of allylic oxidation sites excluding steroid dienone is 2. The van der Waals surface area contributed by atoms with Gasteiger partial charge in [-0.15, -0.1) is 0 Å². The zero-order valence-electron chi connectivity index (χ0n) is 17.5. The lowest BCUT2D eigenvalue weighted by Gasteiger charge is -2.00. The van der Waals surface area contributed by atoms with Crippen LogP contribution in [0, 0.1) is 0 Å². The quantitative estimate of drug-likeness (QED) is 0.150. The molecule has 0 bridgehead atoms. The summed E-state index contributed by atoms with van der Waals surface area (Å²) in [5.74, 6) is 1.85. The molecule has 28 heavy (non-hydrogen) atoms. The molecular weight excluding hydrogens is 366 g/mol. The zero-order valence-corrected chi connectivity index (χ0v) is 18.4. The molecule has 0 aromatic carbocycles. The Morgan fingerprint density at radius 1 is 0.893 bits per heavy atom. The molecule has 4 heteroatoms. The van der Waals surface area contributed by atoms with E-state index in [0.717, 1.165) is 22.3 Å². The highest BCUT2D eigenvalue weighted by Gasteiger charge is 2.07. The van der Waals surface area contributed by atoms with Gasteiger partial charge in [0.05, 0.1) is 18.0 Å². The molecule has 0 saturated heterocycles. The Kier molecular flexibility index (Phi) is 12.7. The lowest BCUT2D eigenvalue weighted by molar-refractivity contribution is 0.465. The van der Waals surface area contributed by atoms with Gasteiger partial charge < -0.3 is 8.83 Å². The Hall–Kier alpha value is -1.42. The maximum Gasteiger partial charge on any atom is 0.256 e. The molecule has 0 atom stereocenters. The molecule has 2 heterocycles. The SMILES string of the molecule is CCCCCCCCC=CCCCCCCCSc1ncc(-c2ccoc2)o1. The minimum atomic E-state index is 0.756. The molecule has 2 aromatic rings. The average molecular weight is 404 g/mol. The molecule has 3 nitrogen and oxygen atoms in total. The molecule has 2 aromatic heterocycles. The first-order valence-corrected chi connectivity index (χ1v) is 12.1. The molecule has 0 unspecified atom stereocenters. The zero-order chi connectivity index (χ0) is 19.7. The fourth-order valence-corrected chi connectivity index (χ4v) is 3.99. The molecule has 0 amide bonds. The topological polar surface area (TPSA) is 39.2 Å². The van der Waals surface area contributed by atoms with Gasteiger partial charge in [0.25, 0.3) is 5.22 Å². The van der Waals surface area contributed by atoms with Gasteiger partial charge in [0.1, 0.15) is 6.26 Å². The van der Waals surface area contributed by atoms with E-state index in [1.54, 1.807) is 30.5 Å². The molecular formula is C24H37NO2S. The highest BCUT2D eigenvalue weighted by atomic mass is 32.2. The van der Waals surface area contributed by atoms with Gasteiger partial charge in [0.2, 0.25) is 0 Å². The number of hydrogen-bond donors (Lipinski definition) is 0. The van der Waals surface area contributed by atoms with Crippen molar-refractivity contribution >= 4 is 11.8 Å². The van der Waals surface area contributed by atoms with Gasteiger partial charge in [-0.1, -0.05) is 82.2 Å². The Balaban J connectivity index is 1.36. The number of oxazole rings is 1. The third-order valence-corrected chi connectivity index (χ3v) is 5.85. The van der Waals surface area contributed by atoms with E-state index in [9.17, 15) is 0 Å². The predicted molar refractivity (Wildman–Crippen MR) is 120 cm³/mol. The van der Waals surface area contributed by atoms with Gasteiger partial charge in [-0.2, -0.15) is 0 Å². The van der Waals surface area contributed by atoms with E-state index in [4.69, 9.17) is 8.83 Å². The summed E-state index contributed by atoms with van der Waals surface area (Å²) < 4.78 is 10.8. The van der Waals surface area contributed by atoms with E-state index in [2.05, 4.69) is 24.1 Å². The summed E-state index contributed by atoms with van der Waals surface area (Å²) in [6.07, 6.45) is 27.3. The lowest BCUT2D eigenvalue weighted by atomic mass is 10.1. The molecule has 156 valence electrons. The van der Waals surface area contributed by atoms with Crippen molar-refractivity contribution in [2.24, 2.45) is 0 Å². The minimum absolute atomic E-state index is 0.756. The second-order valence-corrected chi connectivity index (χ2v) is 8.48. The van der Waals surface area contributed by atoms with Crippen LogP contribution in [0.2, 0.25) is 0 Å². The number of hydrogen-bond acceptors (Lipinski definition) is 4. The third-order valence-electron chi connectivity index (χ3n) is 4.92. The van der Waals surface area contributed by atoms with Crippen LogP contribution in [-0.2, 0) is 0 Å². The fourth-order valence-electron chi connectivity index (χ4n) is 3.20. The fraction of sp³-hybridized carbons (Fsp3) is 0.625. The Morgan fingerprint density at radius 3 is 2.25 bits per heavy atom. The summed E-state index contributed by atoms with van der Waals surface area (Å²) in [5.41, 5.74) is 0.945. The monoisotopic (exact) mass is 403 g/mol. The Morgan fingerprint density at radius 2 is 1.57 bits per heavy atom. The van der Waals surface area contributed by atoms with Gasteiger partial charge in [0.15, 0.2) is 5.76 Å². The number of unbranched alkanes of at least 4 members (excludes halogenated alkanes) is 11. The van der Waals surface area contributed by atoms with Crippen LogP contribution in [-0.4, -0.2) is 10.7 Å². The van der Waals surface area contributed by atoms with E-state index < -0.39 is 0 Å². The molecule has 0 aliphatic rings. The van der Waals surface area contributed by atoms with Gasteiger partial charge in [0, 0.05) is 5.75 Å². The largest absolute Gasteiger partial charge is 0.472 e. The predicted octanol–water partition coefficient (Wildman–Crippen LogP) is 8.67.